The Labute approximate surface area is 158 Å². The molecule has 0 bridgehead atoms. The van der Waals surface area contributed by atoms with Gasteiger partial charge in [-0.15, -0.1) is 0 Å². The van der Waals surface area contributed by atoms with Gasteiger partial charge in [0.25, 0.3) is 5.52 Å². The maximum atomic E-state index is 6.17. The van der Waals surface area contributed by atoms with Crippen molar-refractivity contribution in [3.8, 4) is 0 Å². The fraction of sp³-hybridized carbons (Fsp3) is 0.208. The highest BCUT2D eigenvalue weighted by Gasteiger charge is 2.18. The first-order valence-corrected chi connectivity index (χ1v) is 9.67. The number of rotatable bonds is 4. The van der Waals surface area contributed by atoms with E-state index in [-0.39, 0.29) is 0 Å². The Morgan fingerprint density at radius 3 is 2.63 bits per heavy atom. The Morgan fingerprint density at radius 2 is 1.81 bits per heavy atom. The fourth-order valence-corrected chi connectivity index (χ4v) is 4.11. The van der Waals surface area contributed by atoms with E-state index in [1.54, 1.807) is 0 Å². The molecule has 0 aliphatic carbocycles. The lowest BCUT2D eigenvalue weighted by Gasteiger charge is -2.05. The van der Waals surface area contributed by atoms with Gasteiger partial charge >= 0.3 is 5.89 Å². The lowest BCUT2D eigenvalue weighted by Crippen LogP contribution is -2.30. The molecular weight excluding hydrogens is 332 g/mol. The quantitative estimate of drug-likeness (QED) is 0.428. The van der Waals surface area contributed by atoms with Gasteiger partial charge in [0, 0.05) is 28.9 Å². The summed E-state index contributed by atoms with van der Waals surface area (Å²) in [7, 11) is 2.07. The zero-order valence-electron chi connectivity index (χ0n) is 15.8. The number of oxazole rings is 1. The minimum absolute atomic E-state index is 0.873. The molecule has 0 saturated heterocycles. The second kappa shape index (κ2) is 6.27. The molecule has 2 heterocycles. The van der Waals surface area contributed by atoms with Crippen LogP contribution in [0.5, 0.6) is 0 Å². The van der Waals surface area contributed by atoms with Crippen molar-refractivity contribution in [2.75, 3.05) is 0 Å². The van der Waals surface area contributed by atoms with Crippen molar-refractivity contribution in [3.05, 3.63) is 71.9 Å². The Hall–Kier alpha value is -3.07. The number of fused-ring (bicyclic) bond motifs is 1. The number of hydrogen-bond acceptors (Lipinski definition) is 1. The third kappa shape index (κ3) is 2.46. The summed E-state index contributed by atoms with van der Waals surface area (Å²) >= 11 is 0. The van der Waals surface area contributed by atoms with E-state index in [1.807, 2.05) is 12.1 Å². The van der Waals surface area contributed by atoms with Crippen LogP contribution in [0, 0.1) is 0 Å². The molecule has 0 radical (unpaired) electrons. The Kier molecular flexibility index (Phi) is 3.75. The summed E-state index contributed by atoms with van der Waals surface area (Å²) in [5.74, 6) is 0.873. The van der Waals surface area contributed by atoms with Crippen LogP contribution in [0.3, 0.4) is 0 Å². The first kappa shape index (κ1) is 16.1. The van der Waals surface area contributed by atoms with Gasteiger partial charge in [0.1, 0.15) is 7.05 Å². The summed E-state index contributed by atoms with van der Waals surface area (Å²) < 4.78 is 10.7. The van der Waals surface area contributed by atoms with Crippen molar-refractivity contribution in [2.24, 2.45) is 7.05 Å². The van der Waals surface area contributed by atoms with Crippen molar-refractivity contribution in [1.29, 1.82) is 0 Å². The molecule has 3 nitrogen and oxygen atoms in total. The molecule has 3 aromatic carbocycles. The molecule has 0 atom stereocenters. The monoisotopic (exact) mass is 355 g/mol. The van der Waals surface area contributed by atoms with Gasteiger partial charge in [-0.2, -0.15) is 4.57 Å². The van der Waals surface area contributed by atoms with Crippen LogP contribution in [0.15, 0.2) is 65.1 Å². The zero-order valence-corrected chi connectivity index (χ0v) is 15.8. The SMILES string of the molecule is CCCCn1/c(=C\c2oc3ccccc3[n+]2C)c2cccc3cccc1c32. The van der Waals surface area contributed by atoms with Gasteiger partial charge in [-0.3, -0.25) is 0 Å². The minimum atomic E-state index is 0.873. The lowest BCUT2D eigenvalue weighted by atomic mass is 10.1. The largest absolute Gasteiger partial charge is 0.398 e. The molecular formula is C24H23N2O+. The van der Waals surface area contributed by atoms with Crippen LogP contribution < -0.4 is 9.92 Å². The van der Waals surface area contributed by atoms with E-state index in [2.05, 4.69) is 77.7 Å². The number of benzene rings is 3. The highest BCUT2D eigenvalue weighted by Crippen LogP contribution is 2.26. The summed E-state index contributed by atoms with van der Waals surface area (Å²) in [6.45, 7) is 3.26. The second-order valence-corrected chi connectivity index (χ2v) is 7.18. The number of aryl methyl sites for hydroxylation is 2. The van der Waals surface area contributed by atoms with Gasteiger partial charge in [-0.05, 0) is 23.9 Å². The molecule has 3 heteroatoms. The third-order valence-corrected chi connectivity index (χ3v) is 5.51. The Balaban J connectivity index is 1.87. The van der Waals surface area contributed by atoms with Crippen LogP contribution in [0.25, 0.3) is 38.9 Å². The summed E-state index contributed by atoms with van der Waals surface area (Å²) in [6, 6.07) is 21.4. The molecule has 5 rings (SSSR count). The van der Waals surface area contributed by atoms with Crippen molar-refractivity contribution in [2.45, 2.75) is 26.3 Å². The molecule has 0 unspecified atom stereocenters. The molecule has 5 aromatic rings. The van der Waals surface area contributed by atoms with Crippen molar-refractivity contribution < 1.29 is 8.98 Å². The topological polar surface area (TPSA) is 21.9 Å². The lowest BCUT2D eigenvalue weighted by molar-refractivity contribution is -0.652. The summed E-state index contributed by atoms with van der Waals surface area (Å²) in [5.41, 5.74) is 3.33. The molecule has 0 N–H and O–H groups in total. The van der Waals surface area contributed by atoms with Gasteiger partial charge in [0.05, 0.1) is 11.4 Å². The highest BCUT2D eigenvalue weighted by molar-refractivity contribution is 6.10. The zero-order chi connectivity index (χ0) is 18.4. The van der Waals surface area contributed by atoms with Crippen LogP contribution in [-0.2, 0) is 13.6 Å². The van der Waals surface area contributed by atoms with E-state index in [4.69, 9.17) is 4.42 Å². The van der Waals surface area contributed by atoms with Crippen LogP contribution >= 0.6 is 0 Å². The Morgan fingerprint density at radius 1 is 1.00 bits per heavy atom. The molecule has 0 fully saturated rings. The van der Waals surface area contributed by atoms with Crippen molar-refractivity contribution in [3.63, 3.8) is 0 Å². The highest BCUT2D eigenvalue weighted by atomic mass is 16.3. The minimum Gasteiger partial charge on any atom is -0.398 e. The van der Waals surface area contributed by atoms with E-state index < -0.39 is 0 Å². The molecule has 0 saturated carbocycles. The normalized spacial score (nSPS) is 12.7. The molecule has 0 aliphatic rings. The Bertz CT molecular complexity index is 1320. The summed E-state index contributed by atoms with van der Waals surface area (Å²) in [4.78, 5) is 0. The maximum absolute atomic E-state index is 6.17. The first-order chi connectivity index (χ1) is 13.3. The van der Waals surface area contributed by atoms with Crippen LogP contribution in [-0.4, -0.2) is 4.57 Å². The smallest absolute Gasteiger partial charge is 0.376 e. The van der Waals surface area contributed by atoms with Gasteiger partial charge in [0.15, 0.2) is 0 Å². The van der Waals surface area contributed by atoms with Crippen LogP contribution in [0.2, 0.25) is 0 Å². The predicted octanol–water partition coefficient (Wildman–Crippen LogP) is 4.71. The van der Waals surface area contributed by atoms with E-state index in [1.165, 1.54) is 33.4 Å². The number of nitrogens with zero attached hydrogens (tertiary/aromatic N) is 2. The van der Waals surface area contributed by atoms with Gasteiger partial charge < -0.3 is 8.98 Å². The molecule has 2 aromatic heterocycles. The van der Waals surface area contributed by atoms with Gasteiger partial charge in [-0.1, -0.05) is 55.8 Å². The summed E-state index contributed by atoms with van der Waals surface area (Å²) in [6.07, 6.45) is 4.53. The van der Waals surface area contributed by atoms with Gasteiger partial charge in [0.2, 0.25) is 5.58 Å². The molecule has 134 valence electrons. The number of para-hydroxylation sites is 2. The number of unbranched alkanes of at least 4 members (excludes halogenated alkanes) is 1. The van der Waals surface area contributed by atoms with Crippen LogP contribution in [0.1, 0.15) is 25.7 Å². The van der Waals surface area contributed by atoms with Gasteiger partial charge in [-0.25, -0.2) is 0 Å². The molecule has 0 spiro atoms. The third-order valence-electron chi connectivity index (χ3n) is 5.51. The first-order valence-electron chi connectivity index (χ1n) is 9.67. The molecule has 27 heavy (non-hydrogen) atoms. The van der Waals surface area contributed by atoms with E-state index in [0.717, 1.165) is 30.0 Å². The van der Waals surface area contributed by atoms with E-state index in [9.17, 15) is 0 Å². The standard InChI is InChI=1S/C24H23N2O/c1-3-4-15-26-20-13-8-10-17-9-7-11-18(24(17)20)21(26)16-23-25(2)19-12-5-6-14-22(19)27-23/h5-14,16H,3-4,15H2,1-2H3/q+1. The predicted molar refractivity (Wildman–Crippen MR) is 111 cm³/mol. The number of aromatic nitrogens is 2. The average molecular weight is 355 g/mol. The molecule has 0 amide bonds. The maximum Gasteiger partial charge on any atom is 0.376 e. The van der Waals surface area contributed by atoms with E-state index in [0.29, 0.717) is 0 Å². The summed E-state index contributed by atoms with van der Waals surface area (Å²) in [5, 5.41) is 5.16. The second-order valence-electron chi connectivity index (χ2n) is 7.18. The van der Waals surface area contributed by atoms with Crippen LogP contribution in [0.4, 0.5) is 0 Å². The van der Waals surface area contributed by atoms with Crippen molar-refractivity contribution in [1.82, 2.24) is 4.57 Å². The fourth-order valence-electron chi connectivity index (χ4n) is 4.11. The van der Waals surface area contributed by atoms with Crippen molar-refractivity contribution >= 4 is 38.9 Å². The van der Waals surface area contributed by atoms with E-state index >= 15 is 0 Å². The molecule has 0 aliphatic heterocycles. The average Bonchev–Trinajstić information content (AvgIpc) is 3.18. The number of hydrogen-bond donors (Lipinski definition) is 0.